The predicted octanol–water partition coefficient (Wildman–Crippen LogP) is 1.01. The number of phenols is 1. The van der Waals surface area contributed by atoms with Crippen molar-refractivity contribution in [3.05, 3.63) is 33.9 Å². The highest BCUT2D eigenvalue weighted by Gasteiger charge is 2.15. The van der Waals surface area contributed by atoms with Crippen LogP contribution < -0.4 is 5.56 Å². The van der Waals surface area contributed by atoms with Crippen LogP contribution >= 0.6 is 0 Å². The topological polar surface area (TPSA) is 109 Å². The monoisotopic (exact) mass is 276 g/mol. The molecule has 0 aliphatic carbocycles. The first-order valence-electron chi connectivity index (χ1n) is 5.89. The van der Waals surface area contributed by atoms with Gasteiger partial charge in [0.2, 0.25) is 5.82 Å². The van der Waals surface area contributed by atoms with Gasteiger partial charge in [-0.1, -0.05) is 0 Å². The SMILES string of the molecule is CCOC(=O)c1nc2cc(O)c(C(C)=O)cc2c(=O)[nH]1. The third-order valence-electron chi connectivity index (χ3n) is 2.67. The van der Waals surface area contributed by atoms with Gasteiger partial charge in [0.25, 0.3) is 5.56 Å². The van der Waals surface area contributed by atoms with Crippen LogP contribution in [-0.2, 0) is 4.74 Å². The van der Waals surface area contributed by atoms with Crippen molar-refractivity contribution in [2.75, 3.05) is 6.61 Å². The van der Waals surface area contributed by atoms with Crippen molar-refractivity contribution in [1.82, 2.24) is 9.97 Å². The van der Waals surface area contributed by atoms with Crippen molar-refractivity contribution in [2.24, 2.45) is 0 Å². The molecule has 0 aliphatic heterocycles. The zero-order chi connectivity index (χ0) is 14.9. The van der Waals surface area contributed by atoms with Gasteiger partial charge in [-0.2, -0.15) is 0 Å². The number of aromatic nitrogens is 2. The van der Waals surface area contributed by atoms with E-state index in [0.29, 0.717) is 0 Å². The van der Waals surface area contributed by atoms with Crippen LogP contribution in [0.2, 0.25) is 0 Å². The van der Waals surface area contributed by atoms with Crippen molar-refractivity contribution in [3.8, 4) is 5.75 Å². The Balaban J connectivity index is 2.68. The lowest BCUT2D eigenvalue weighted by molar-refractivity contribution is 0.0512. The van der Waals surface area contributed by atoms with Crippen LogP contribution in [0.1, 0.15) is 34.8 Å². The number of Topliss-reactive ketones (excluding diaryl/α,β-unsaturated/α-hetero) is 1. The Morgan fingerprint density at radius 1 is 1.40 bits per heavy atom. The summed E-state index contributed by atoms with van der Waals surface area (Å²) in [6.45, 7) is 3.05. The molecule has 0 fully saturated rings. The molecule has 1 aromatic heterocycles. The van der Waals surface area contributed by atoms with Crippen LogP contribution in [0.15, 0.2) is 16.9 Å². The van der Waals surface area contributed by atoms with Crippen molar-refractivity contribution < 1.29 is 19.4 Å². The highest BCUT2D eigenvalue weighted by Crippen LogP contribution is 2.22. The minimum Gasteiger partial charge on any atom is -0.507 e. The number of rotatable bonds is 3. The largest absolute Gasteiger partial charge is 0.507 e. The second-order valence-electron chi connectivity index (χ2n) is 4.08. The molecule has 0 spiro atoms. The second-order valence-corrected chi connectivity index (χ2v) is 4.08. The Bertz CT molecular complexity index is 763. The molecule has 0 radical (unpaired) electrons. The molecular formula is C13H12N2O5. The van der Waals surface area contributed by atoms with E-state index in [4.69, 9.17) is 4.74 Å². The highest BCUT2D eigenvalue weighted by molar-refractivity contribution is 6.01. The number of carbonyl (C=O) groups excluding carboxylic acids is 2. The molecular weight excluding hydrogens is 264 g/mol. The molecule has 2 rings (SSSR count). The summed E-state index contributed by atoms with van der Waals surface area (Å²) >= 11 is 0. The van der Waals surface area contributed by atoms with Gasteiger partial charge in [0.1, 0.15) is 5.75 Å². The van der Waals surface area contributed by atoms with E-state index in [2.05, 4.69) is 9.97 Å². The number of phenolic OH excluding ortho intramolecular Hbond substituents is 1. The van der Waals surface area contributed by atoms with Crippen LogP contribution in [-0.4, -0.2) is 33.4 Å². The van der Waals surface area contributed by atoms with E-state index in [-0.39, 0.29) is 40.4 Å². The summed E-state index contributed by atoms with van der Waals surface area (Å²) in [4.78, 5) is 40.9. The molecule has 1 aromatic carbocycles. The van der Waals surface area contributed by atoms with E-state index < -0.39 is 11.5 Å². The molecule has 1 heterocycles. The normalized spacial score (nSPS) is 10.5. The summed E-state index contributed by atoms with van der Waals surface area (Å²) < 4.78 is 4.74. The molecule has 0 saturated carbocycles. The smallest absolute Gasteiger partial charge is 0.374 e. The quantitative estimate of drug-likeness (QED) is 0.639. The fourth-order valence-corrected chi connectivity index (χ4v) is 1.75. The number of aromatic amines is 1. The van der Waals surface area contributed by atoms with E-state index >= 15 is 0 Å². The van der Waals surface area contributed by atoms with Crippen LogP contribution in [0.25, 0.3) is 10.9 Å². The van der Waals surface area contributed by atoms with E-state index in [1.54, 1.807) is 6.92 Å². The summed E-state index contributed by atoms with van der Waals surface area (Å²) in [7, 11) is 0. The molecule has 0 amide bonds. The van der Waals surface area contributed by atoms with Gasteiger partial charge >= 0.3 is 5.97 Å². The maximum absolute atomic E-state index is 11.9. The summed E-state index contributed by atoms with van der Waals surface area (Å²) in [6.07, 6.45) is 0. The maximum atomic E-state index is 11.9. The van der Waals surface area contributed by atoms with Crippen LogP contribution in [0.4, 0.5) is 0 Å². The number of benzene rings is 1. The molecule has 0 saturated heterocycles. The number of hydrogen-bond acceptors (Lipinski definition) is 6. The molecule has 20 heavy (non-hydrogen) atoms. The Morgan fingerprint density at radius 3 is 2.70 bits per heavy atom. The molecule has 0 atom stereocenters. The lowest BCUT2D eigenvalue weighted by atomic mass is 10.1. The van der Waals surface area contributed by atoms with Crippen LogP contribution in [0.5, 0.6) is 5.75 Å². The van der Waals surface area contributed by atoms with Gasteiger partial charge < -0.3 is 14.8 Å². The predicted molar refractivity (Wildman–Crippen MR) is 70.0 cm³/mol. The lowest BCUT2D eigenvalue weighted by Crippen LogP contribution is -2.18. The van der Waals surface area contributed by atoms with Crippen LogP contribution in [0, 0.1) is 0 Å². The lowest BCUT2D eigenvalue weighted by Gasteiger charge is -2.05. The number of nitrogens with zero attached hydrogens (tertiary/aromatic N) is 1. The third kappa shape index (κ3) is 2.37. The van der Waals surface area contributed by atoms with Crippen molar-refractivity contribution in [1.29, 1.82) is 0 Å². The van der Waals surface area contributed by atoms with Gasteiger partial charge in [0.15, 0.2) is 5.78 Å². The third-order valence-corrected chi connectivity index (χ3v) is 2.67. The van der Waals surface area contributed by atoms with Crippen molar-refractivity contribution >= 4 is 22.7 Å². The molecule has 7 heteroatoms. The average Bonchev–Trinajstić information content (AvgIpc) is 2.37. The number of ether oxygens (including phenoxy) is 1. The number of fused-ring (bicyclic) bond motifs is 1. The van der Waals surface area contributed by atoms with Gasteiger partial charge in [-0.05, 0) is 19.9 Å². The molecule has 2 N–H and O–H groups in total. The van der Waals surface area contributed by atoms with E-state index in [0.717, 1.165) is 0 Å². The summed E-state index contributed by atoms with van der Waals surface area (Å²) in [6, 6.07) is 2.41. The van der Waals surface area contributed by atoms with E-state index in [1.807, 2.05) is 0 Å². The minimum atomic E-state index is -0.762. The van der Waals surface area contributed by atoms with Crippen LogP contribution in [0.3, 0.4) is 0 Å². The number of H-pyrrole nitrogens is 1. The zero-order valence-corrected chi connectivity index (χ0v) is 10.9. The first kappa shape index (κ1) is 13.7. The number of esters is 1. The van der Waals surface area contributed by atoms with Crippen molar-refractivity contribution in [2.45, 2.75) is 13.8 Å². The van der Waals surface area contributed by atoms with Gasteiger partial charge in [0.05, 0.1) is 23.1 Å². The number of hydrogen-bond donors (Lipinski definition) is 2. The zero-order valence-electron chi connectivity index (χ0n) is 10.9. The van der Waals surface area contributed by atoms with E-state index in [1.165, 1.54) is 19.1 Å². The molecule has 0 bridgehead atoms. The van der Waals surface area contributed by atoms with Gasteiger partial charge in [-0.25, -0.2) is 9.78 Å². The van der Waals surface area contributed by atoms with Gasteiger partial charge in [-0.15, -0.1) is 0 Å². The fraction of sp³-hybridized carbons (Fsp3) is 0.231. The Labute approximate surface area is 113 Å². The second kappa shape index (κ2) is 5.12. The highest BCUT2D eigenvalue weighted by atomic mass is 16.5. The van der Waals surface area contributed by atoms with Gasteiger partial charge in [0, 0.05) is 6.07 Å². The first-order valence-corrected chi connectivity index (χ1v) is 5.89. The Hall–Kier alpha value is -2.70. The van der Waals surface area contributed by atoms with Crippen molar-refractivity contribution in [3.63, 3.8) is 0 Å². The van der Waals surface area contributed by atoms with E-state index in [9.17, 15) is 19.5 Å². The number of ketones is 1. The first-order chi connectivity index (χ1) is 9.43. The minimum absolute atomic E-state index is 0.0219. The average molecular weight is 276 g/mol. The number of aromatic hydroxyl groups is 1. The number of carbonyl (C=O) groups is 2. The number of nitrogens with one attached hydrogen (secondary N) is 1. The summed E-state index contributed by atoms with van der Waals surface area (Å²) in [5, 5.41) is 9.83. The standard InChI is InChI=1S/C13H12N2O5/c1-3-20-13(19)11-14-9-5-10(17)7(6(2)16)4-8(9)12(18)15-11/h4-5,17H,3H2,1-2H3,(H,14,15,18). The van der Waals surface area contributed by atoms with Gasteiger partial charge in [-0.3, -0.25) is 9.59 Å². The fourth-order valence-electron chi connectivity index (χ4n) is 1.75. The molecule has 7 nitrogen and oxygen atoms in total. The maximum Gasteiger partial charge on any atom is 0.374 e. The molecule has 2 aromatic rings. The summed E-state index contributed by atoms with van der Waals surface area (Å²) in [5.74, 6) is -1.68. The molecule has 0 unspecified atom stereocenters. The Morgan fingerprint density at radius 2 is 2.10 bits per heavy atom. The summed E-state index contributed by atoms with van der Waals surface area (Å²) in [5.41, 5.74) is -0.450. The molecule has 104 valence electrons. The Kier molecular flexibility index (Phi) is 3.51. The molecule has 0 aliphatic rings.